The summed E-state index contributed by atoms with van der Waals surface area (Å²) in [5.41, 5.74) is 2.01. The van der Waals surface area contributed by atoms with Gasteiger partial charge in [-0.1, -0.05) is 0 Å². The molecule has 3 atom stereocenters. The Morgan fingerprint density at radius 3 is 2.65 bits per heavy atom. The number of amides is 1. The molecule has 192 valence electrons. The fraction of sp³-hybridized carbons (Fsp3) is 0.444. The predicted octanol–water partition coefficient (Wildman–Crippen LogP) is 4.46. The summed E-state index contributed by atoms with van der Waals surface area (Å²) in [6.07, 6.45) is 11.5. The van der Waals surface area contributed by atoms with Gasteiger partial charge in [-0.15, -0.1) is 0 Å². The zero-order valence-electron chi connectivity index (χ0n) is 20.7. The maximum atomic E-state index is 14.7. The molecule has 4 aliphatic rings. The molecule has 0 saturated heterocycles. The standard InChI is InChI=1S/C27H28F2N6O2/c1-15-5-23(29)21(9-22(15)28)25-3-4-32-35(25)27(36)20-8-18(16-6-17(20)7-16)14-37-26-12-30-24(11-31-26)19-10-33-34(2)13-19/h4-5,9-13,16-18,20,25H,3,6-8,14H2,1-2H3/t16?,17?,18?,20-,25?/m0/s1. The molecule has 10 heteroatoms. The monoisotopic (exact) mass is 506 g/mol. The topological polar surface area (TPSA) is 85.5 Å². The van der Waals surface area contributed by atoms with Gasteiger partial charge in [0, 0.05) is 42.9 Å². The summed E-state index contributed by atoms with van der Waals surface area (Å²) < 4.78 is 36.6. The SMILES string of the molecule is Cc1cc(F)c(C2CC=NN2C(=O)[C@H]2CC(COc3cnc(-c4cnn(C)c4)cn3)C3CC2C3)cc1F. The van der Waals surface area contributed by atoms with E-state index in [0.29, 0.717) is 37.2 Å². The summed E-state index contributed by atoms with van der Waals surface area (Å²) in [5.74, 6) is 0.129. The van der Waals surface area contributed by atoms with Gasteiger partial charge < -0.3 is 4.74 Å². The van der Waals surface area contributed by atoms with Gasteiger partial charge in [0.1, 0.15) is 11.6 Å². The van der Waals surface area contributed by atoms with Gasteiger partial charge in [0.15, 0.2) is 0 Å². The lowest BCUT2D eigenvalue weighted by Crippen LogP contribution is -2.50. The minimum atomic E-state index is -0.622. The van der Waals surface area contributed by atoms with E-state index in [1.807, 2.05) is 13.2 Å². The van der Waals surface area contributed by atoms with Crippen LogP contribution in [0.25, 0.3) is 11.3 Å². The van der Waals surface area contributed by atoms with Crippen LogP contribution >= 0.6 is 0 Å². The van der Waals surface area contributed by atoms with E-state index in [9.17, 15) is 13.6 Å². The number of halogens is 2. The minimum Gasteiger partial charge on any atom is -0.476 e. The number of carbonyl (C=O) groups excluding carboxylic acids is 1. The van der Waals surface area contributed by atoms with E-state index >= 15 is 0 Å². The molecule has 3 fully saturated rings. The lowest BCUT2D eigenvalue weighted by molar-refractivity contribution is -0.148. The quantitative estimate of drug-likeness (QED) is 0.493. The maximum absolute atomic E-state index is 14.7. The number of hydrogen-bond donors (Lipinski definition) is 0. The number of aromatic nitrogens is 4. The van der Waals surface area contributed by atoms with Crippen LogP contribution in [0.15, 0.2) is 42.0 Å². The zero-order chi connectivity index (χ0) is 25.7. The lowest BCUT2D eigenvalue weighted by atomic mass is 9.55. The summed E-state index contributed by atoms with van der Waals surface area (Å²) in [4.78, 5) is 22.4. The van der Waals surface area contributed by atoms with Crippen LogP contribution in [0, 0.1) is 42.2 Å². The molecule has 2 bridgehead atoms. The number of ether oxygens (including phenoxy) is 1. The first-order chi connectivity index (χ1) is 17.9. The largest absolute Gasteiger partial charge is 0.476 e. The summed E-state index contributed by atoms with van der Waals surface area (Å²) >= 11 is 0. The Hall–Kier alpha value is -3.69. The Morgan fingerprint density at radius 1 is 1.08 bits per heavy atom. The summed E-state index contributed by atoms with van der Waals surface area (Å²) in [6.45, 7) is 1.97. The Bertz CT molecular complexity index is 1350. The van der Waals surface area contributed by atoms with Crippen LogP contribution in [0.4, 0.5) is 8.78 Å². The van der Waals surface area contributed by atoms with Crippen LogP contribution < -0.4 is 4.74 Å². The average Bonchev–Trinajstić information content (AvgIpc) is 3.53. The van der Waals surface area contributed by atoms with Gasteiger partial charge in [-0.3, -0.25) is 9.48 Å². The molecule has 0 N–H and O–H groups in total. The first-order valence-electron chi connectivity index (χ1n) is 12.6. The predicted molar refractivity (Wildman–Crippen MR) is 131 cm³/mol. The molecule has 1 aromatic carbocycles. The van der Waals surface area contributed by atoms with Crippen LogP contribution in [0.5, 0.6) is 5.88 Å². The number of hydrazone groups is 1. The second-order valence-corrected chi connectivity index (χ2v) is 10.4. The number of fused-ring (bicyclic) bond motifs is 2. The third-order valence-electron chi connectivity index (χ3n) is 8.09. The number of rotatable bonds is 6. The second-order valence-electron chi connectivity index (χ2n) is 10.4. The molecule has 37 heavy (non-hydrogen) atoms. The number of carbonyl (C=O) groups is 1. The van der Waals surface area contributed by atoms with Gasteiger partial charge in [-0.2, -0.15) is 10.2 Å². The number of nitrogens with zero attached hydrogens (tertiary/aromatic N) is 6. The highest BCUT2D eigenvalue weighted by molar-refractivity contribution is 5.82. The summed E-state index contributed by atoms with van der Waals surface area (Å²) in [6, 6.07) is 1.76. The highest BCUT2D eigenvalue weighted by atomic mass is 19.1. The molecule has 3 aliphatic carbocycles. The molecule has 1 aliphatic heterocycles. The Labute approximate surface area is 213 Å². The van der Waals surface area contributed by atoms with Crippen LogP contribution in [0.3, 0.4) is 0 Å². The van der Waals surface area contributed by atoms with E-state index in [1.54, 1.807) is 29.5 Å². The lowest BCUT2D eigenvalue weighted by Gasteiger charge is -2.51. The maximum Gasteiger partial charge on any atom is 0.246 e. The number of hydrogen-bond acceptors (Lipinski definition) is 6. The normalized spacial score (nSPS) is 26.3. The molecule has 3 heterocycles. The van der Waals surface area contributed by atoms with Crippen LogP contribution in [0.2, 0.25) is 0 Å². The summed E-state index contributed by atoms with van der Waals surface area (Å²) in [7, 11) is 1.85. The molecule has 2 unspecified atom stereocenters. The zero-order valence-corrected chi connectivity index (χ0v) is 20.7. The average molecular weight is 507 g/mol. The van der Waals surface area contributed by atoms with Crippen LogP contribution in [-0.2, 0) is 11.8 Å². The fourth-order valence-corrected chi connectivity index (χ4v) is 5.90. The number of benzene rings is 1. The van der Waals surface area contributed by atoms with Crippen molar-refractivity contribution in [2.75, 3.05) is 6.61 Å². The fourth-order valence-electron chi connectivity index (χ4n) is 5.90. The van der Waals surface area contributed by atoms with Gasteiger partial charge in [-0.05, 0) is 61.6 Å². The van der Waals surface area contributed by atoms with E-state index in [2.05, 4.69) is 20.2 Å². The molecule has 2 aromatic heterocycles. The molecule has 3 saturated carbocycles. The van der Waals surface area contributed by atoms with Gasteiger partial charge in [0.05, 0.1) is 36.9 Å². The summed E-state index contributed by atoms with van der Waals surface area (Å²) in [5, 5.41) is 9.80. The van der Waals surface area contributed by atoms with Crippen molar-refractivity contribution in [3.05, 3.63) is 59.7 Å². The van der Waals surface area contributed by atoms with Crippen LogP contribution in [-0.4, -0.2) is 43.5 Å². The van der Waals surface area contributed by atoms with Crippen molar-refractivity contribution in [2.45, 2.75) is 38.6 Å². The van der Waals surface area contributed by atoms with Crippen LogP contribution in [0.1, 0.15) is 42.9 Å². The Morgan fingerprint density at radius 2 is 1.92 bits per heavy atom. The third kappa shape index (κ3) is 4.38. The molecule has 0 spiro atoms. The van der Waals surface area contributed by atoms with Crippen molar-refractivity contribution in [2.24, 2.45) is 35.8 Å². The van der Waals surface area contributed by atoms with E-state index in [0.717, 1.165) is 24.1 Å². The first-order valence-corrected chi connectivity index (χ1v) is 12.6. The Kier molecular flexibility index (Phi) is 5.97. The van der Waals surface area contributed by atoms with Gasteiger partial charge in [-0.25, -0.2) is 23.8 Å². The van der Waals surface area contributed by atoms with E-state index in [1.165, 1.54) is 24.1 Å². The van der Waals surface area contributed by atoms with Crippen molar-refractivity contribution in [3.8, 4) is 17.1 Å². The molecular formula is C27H28F2N6O2. The minimum absolute atomic E-state index is 0.118. The van der Waals surface area contributed by atoms with E-state index in [-0.39, 0.29) is 28.9 Å². The van der Waals surface area contributed by atoms with E-state index < -0.39 is 17.7 Å². The highest BCUT2D eigenvalue weighted by Crippen LogP contribution is 2.53. The van der Waals surface area contributed by atoms with Crippen molar-refractivity contribution in [1.29, 1.82) is 0 Å². The Balaban J connectivity index is 1.11. The van der Waals surface area contributed by atoms with Gasteiger partial charge in [0.2, 0.25) is 11.8 Å². The second kappa shape index (κ2) is 9.32. The highest BCUT2D eigenvalue weighted by Gasteiger charge is 2.50. The molecular weight excluding hydrogens is 478 g/mol. The van der Waals surface area contributed by atoms with Crippen molar-refractivity contribution in [1.82, 2.24) is 24.8 Å². The van der Waals surface area contributed by atoms with Gasteiger partial charge in [0.25, 0.3) is 0 Å². The molecule has 8 nitrogen and oxygen atoms in total. The number of aryl methyl sites for hydroxylation is 2. The molecule has 1 amide bonds. The van der Waals surface area contributed by atoms with Gasteiger partial charge >= 0.3 is 0 Å². The van der Waals surface area contributed by atoms with E-state index in [4.69, 9.17) is 4.74 Å². The first kappa shape index (κ1) is 23.7. The smallest absolute Gasteiger partial charge is 0.246 e. The van der Waals surface area contributed by atoms with Crippen molar-refractivity contribution >= 4 is 12.1 Å². The molecule has 0 radical (unpaired) electrons. The molecule has 3 aromatic rings. The van der Waals surface area contributed by atoms with Crippen molar-refractivity contribution < 1.29 is 18.3 Å². The molecule has 7 rings (SSSR count). The third-order valence-corrected chi connectivity index (χ3v) is 8.09. The van der Waals surface area contributed by atoms with Crippen molar-refractivity contribution in [3.63, 3.8) is 0 Å².